The SMILES string of the molecule is [O-]/N=C1\C=CC=C\C1=N\OI. The van der Waals surface area contributed by atoms with Crippen LogP contribution in [0, 0.1) is 5.21 Å². The minimum Gasteiger partial charge on any atom is -0.791 e. The van der Waals surface area contributed by atoms with E-state index in [9.17, 15) is 5.21 Å². The summed E-state index contributed by atoms with van der Waals surface area (Å²) < 4.78 is 4.47. The first-order valence-corrected chi connectivity index (χ1v) is 3.67. The van der Waals surface area contributed by atoms with Crippen molar-refractivity contribution in [1.29, 1.82) is 0 Å². The van der Waals surface area contributed by atoms with Gasteiger partial charge in [0.15, 0.2) is 0 Å². The standard InChI is InChI=1S/C6H5IN2O2/c7-11-9-6-4-2-1-3-5(6)8-10/h1-4,10H/p-1/b8-5+,9-6-. The van der Waals surface area contributed by atoms with Gasteiger partial charge in [0.05, 0.1) is 5.71 Å². The quantitative estimate of drug-likeness (QED) is 0.411. The molecule has 0 bridgehead atoms. The zero-order valence-corrected chi connectivity index (χ0v) is 7.56. The highest BCUT2D eigenvalue weighted by atomic mass is 127. The molecule has 0 fully saturated rings. The average Bonchev–Trinajstić information content (AvgIpc) is 2.06. The third-order valence-electron chi connectivity index (χ3n) is 1.11. The molecule has 0 aromatic rings. The van der Waals surface area contributed by atoms with Crippen LogP contribution in [0.5, 0.6) is 0 Å². The number of allylic oxidation sites excluding steroid dienone is 4. The molecule has 1 aliphatic rings. The van der Waals surface area contributed by atoms with Crippen molar-refractivity contribution in [2.75, 3.05) is 0 Å². The lowest BCUT2D eigenvalue weighted by atomic mass is 10.1. The lowest BCUT2D eigenvalue weighted by molar-refractivity contribution is 0.466. The fraction of sp³-hybridized carbons (Fsp3) is 0. The third kappa shape index (κ3) is 2.04. The number of nitrogens with zero attached hydrogens (tertiary/aromatic N) is 2. The minimum absolute atomic E-state index is 0.282. The number of rotatable bonds is 1. The Kier molecular flexibility index (Phi) is 3.09. The molecular formula is C6H4IN2O2-. The van der Waals surface area contributed by atoms with Crippen molar-refractivity contribution in [3.05, 3.63) is 29.5 Å². The highest BCUT2D eigenvalue weighted by Gasteiger charge is 2.03. The van der Waals surface area contributed by atoms with Crippen LogP contribution in [0.15, 0.2) is 34.6 Å². The van der Waals surface area contributed by atoms with Gasteiger partial charge in [-0.25, -0.2) is 0 Å². The Morgan fingerprint density at radius 2 is 1.91 bits per heavy atom. The van der Waals surface area contributed by atoms with Gasteiger partial charge >= 0.3 is 0 Å². The molecule has 0 aromatic heterocycles. The molecule has 1 rings (SSSR count). The predicted octanol–water partition coefficient (Wildman–Crippen LogP) is 1.77. The second kappa shape index (κ2) is 4.12. The van der Waals surface area contributed by atoms with Gasteiger partial charge in [0.2, 0.25) is 23.0 Å². The molecule has 0 N–H and O–H groups in total. The van der Waals surface area contributed by atoms with Gasteiger partial charge in [-0.1, -0.05) is 17.3 Å². The fourth-order valence-electron chi connectivity index (χ4n) is 0.656. The summed E-state index contributed by atoms with van der Waals surface area (Å²) in [6.45, 7) is 0. The van der Waals surface area contributed by atoms with Gasteiger partial charge in [0, 0.05) is 0 Å². The number of hydrogen-bond acceptors (Lipinski definition) is 4. The van der Waals surface area contributed by atoms with Crippen molar-refractivity contribution in [2.24, 2.45) is 10.3 Å². The van der Waals surface area contributed by atoms with Gasteiger partial charge in [0.25, 0.3) is 0 Å². The number of halogens is 1. The van der Waals surface area contributed by atoms with Crippen molar-refractivity contribution < 1.29 is 3.17 Å². The summed E-state index contributed by atoms with van der Waals surface area (Å²) in [5.41, 5.74) is 0.723. The second-order valence-corrected chi connectivity index (χ2v) is 2.13. The summed E-state index contributed by atoms with van der Waals surface area (Å²) >= 11 is 1.61. The maximum Gasteiger partial charge on any atom is 0.230 e. The van der Waals surface area contributed by atoms with Crippen molar-refractivity contribution in [2.45, 2.75) is 0 Å². The molecule has 11 heavy (non-hydrogen) atoms. The zero-order valence-electron chi connectivity index (χ0n) is 5.40. The van der Waals surface area contributed by atoms with Gasteiger partial charge in [-0.2, -0.15) is 0 Å². The highest BCUT2D eigenvalue weighted by Crippen LogP contribution is 2.00. The number of oxime groups is 1. The molecule has 58 valence electrons. The molecule has 5 heteroatoms. The van der Waals surface area contributed by atoms with Crippen LogP contribution >= 0.6 is 23.0 Å². The van der Waals surface area contributed by atoms with E-state index in [0.29, 0.717) is 5.71 Å². The lowest BCUT2D eigenvalue weighted by Crippen LogP contribution is -2.10. The lowest BCUT2D eigenvalue weighted by Gasteiger charge is -2.04. The average molecular weight is 263 g/mol. The Morgan fingerprint density at radius 1 is 1.27 bits per heavy atom. The predicted molar refractivity (Wildman–Crippen MR) is 51.6 cm³/mol. The first kappa shape index (κ1) is 8.25. The third-order valence-corrected chi connectivity index (χ3v) is 1.31. The first-order valence-electron chi connectivity index (χ1n) is 2.79. The van der Waals surface area contributed by atoms with E-state index < -0.39 is 0 Å². The summed E-state index contributed by atoms with van der Waals surface area (Å²) in [5.74, 6) is 0. The largest absolute Gasteiger partial charge is 0.791 e. The van der Waals surface area contributed by atoms with Crippen molar-refractivity contribution in [3.63, 3.8) is 0 Å². The van der Waals surface area contributed by atoms with Crippen molar-refractivity contribution >= 4 is 34.4 Å². The van der Waals surface area contributed by atoms with Crippen LogP contribution in [0.4, 0.5) is 0 Å². The first-order chi connectivity index (χ1) is 5.38. The fourth-order valence-corrected chi connectivity index (χ4v) is 0.868. The van der Waals surface area contributed by atoms with E-state index in [1.807, 2.05) is 0 Å². The minimum atomic E-state index is 0.282. The highest BCUT2D eigenvalue weighted by molar-refractivity contribution is 14.1. The molecule has 0 unspecified atom stereocenters. The van der Waals surface area contributed by atoms with Gasteiger partial charge in [-0.05, 0) is 12.2 Å². The van der Waals surface area contributed by atoms with Gasteiger partial charge in [-0.3, -0.25) is 0 Å². The van der Waals surface area contributed by atoms with E-state index in [2.05, 4.69) is 13.5 Å². The monoisotopic (exact) mass is 263 g/mol. The van der Waals surface area contributed by atoms with E-state index in [0.717, 1.165) is 0 Å². The Bertz CT molecular complexity index is 255. The molecular weight excluding hydrogens is 259 g/mol. The molecule has 0 aromatic carbocycles. The maximum atomic E-state index is 10.1. The van der Waals surface area contributed by atoms with E-state index in [1.165, 1.54) is 0 Å². The molecule has 0 spiro atoms. The van der Waals surface area contributed by atoms with Crippen LogP contribution in [0.2, 0.25) is 0 Å². The molecule has 0 saturated heterocycles. The Hall–Kier alpha value is -0.850. The molecule has 1 aliphatic carbocycles. The number of hydrogen-bond donors (Lipinski definition) is 0. The van der Waals surface area contributed by atoms with Gasteiger partial charge in [-0.15, -0.1) is 0 Å². The molecule has 4 nitrogen and oxygen atoms in total. The van der Waals surface area contributed by atoms with Crippen LogP contribution < -0.4 is 0 Å². The van der Waals surface area contributed by atoms with Crippen LogP contribution in [0.25, 0.3) is 0 Å². The molecule has 0 atom stereocenters. The van der Waals surface area contributed by atoms with Crippen LogP contribution in [0.1, 0.15) is 0 Å². The molecule has 0 radical (unpaired) electrons. The molecule has 0 saturated carbocycles. The van der Waals surface area contributed by atoms with E-state index in [1.54, 1.807) is 47.3 Å². The second-order valence-electron chi connectivity index (χ2n) is 1.74. The van der Waals surface area contributed by atoms with Gasteiger partial charge < -0.3 is 13.5 Å². The van der Waals surface area contributed by atoms with Crippen molar-refractivity contribution in [3.8, 4) is 0 Å². The van der Waals surface area contributed by atoms with Crippen molar-refractivity contribution in [1.82, 2.24) is 0 Å². The normalized spacial score (nSPS) is 23.0. The van der Waals surface area contributed by atoms with E-state index in [-0.39, 0.29) is 5.71 Å². The smallest absolute Gasteiger partial charge is 0.230 e. The topological polar surface area (TPSA) is 57.0 Å². The molecule has 0 heterocycles. The summed E-state index contributed by atoms with van der Waals surface area (Å²) in [7, 11) is 0. The Labute approximate surface area is 77.6 Å². The Morgan fingerprint density at radius 3 is 2.45 bits per heavy atom. The van der Waals surface area contributed by atoms with Gasteiger partial charge in [0.1, 0.15) is 5.71 Å². The molecule has 0 amide bonds. The Balaban J connectivity index is 2.88. The van der Waals surface area contributed by atoms with Crippen LogP contribution in [-0.4, -0.2) is 11.4 Å². The van der Waals surface area contributed by atoms with E-state index in [4.69, 9.17) is 0 Å². The summed E-state index contributed by atoms with van der Waals surface area (Å²) in [4.78, 5) is 0. The summed E-state index contributed by atoms with van der Waals surface area (Å²) in [5, 5.41) is 16.5. The maximum absolute atomic E-state index is 10.1. The summed E-state index contributed by atoms with van der Waals surface area (Å²) in [6, 6.07) is 0. The molecule has 0 aliphatic heterocycles. The zero-order chi connectivity index (χ0) is 8.10. The van der Waals surface area contributed by atoms with Crippen LogP contribution in [0.3, 0.4) is 0 Å². The van der Waals surface area contributed by atoms with Crippen LogP contribution in [-0.2, 0) is 3.17 Å². The summed E-state index contributed by atoms with van der Waals surface area (Å²) in [6.07, 6.45) is 6.68. The van der Waals surface area contributed by atoms with E-state index >= 15 is 0 Å².